The molecule has 0 bridgehead atoms. The predicted molar refractivity (Wildman–Crippen MR) is 94.7 cm³/mol. The number of hydrogen-bond acceptors (Lipinski definition) is 4. The summed E-state index contributed by atoms with van der Waals surface area (Å²) in [5, 5.41) is 3.73. The zero-order chi connectivity index (χ0) is 18.0. The first-order valence-electron chi connectivity index (χ1n) is 8.66. The Morgan fingerprint density at radius 1 is 1.24 bits per heavy atom. The number of methoxy groups -OCH3 is 1. The molecule has 0 unspecified atom stereocenters. The van der Waals surface area contributed by atoms with E-state index in [0.29, 0.717) is 37.3 Å². The van der Waals surface area contributed by atoms with E-state index in [1.54, 1.807) is 4.90 Å². The van der Waals surface area contributed by atoms with Crippen LogP contribution in [0.1, 0.15) is 37.2 Å². The van der Waals surface area contributed by atoms with Crippen LogP contribution in [0, 0.1) is 5.92 Å². The summed E-state index contributed by atoms with van der Waals surface area (Å²) in [6.07, 6.45) is 1.32. The van der Waals surface area contributed by atoms with Crippen molar-refractivity contribution in [3.05, 3.63) is 30.0 Å². The average Bonchev–Trinajstić information content (AvgIpc) is 2.99. The Labute approximate surface area is 147 Å². The number of likely N-dealkylation sites (tertiary alicyclic amines) is 1. The zero-order valence-corrected chi connectivity index (χ0v) is 14.9. The second-order valence-corrected chi connectivity index (χ2v) is 6.69. The van der Waals surface area contributed by atoms with Gasteiger partial charge in [-0.2, -0.15) is 0 Å². The van der Waals surface area contributed by atoms with E-state index >= 15 is 0 Å². The molecular formula is C19H24N2O4. The number of fused-ring (bicyclic) bond motifs is 1. The van der Waals surface area contributed by atoms with Gasteiger partial charge in [0.2, 0.25) is 11.7 Å². The van der Waals surface area contributed by atoms with Crippen molar-refractivity contribution in [1.82, 2.24) is 10.2 Å². The highest BCUT2D eigenvalue weighted by atomic mass is 16.5. The van der Waals surface area contributed by atoms with E-state index in [2.05, 4.69) is 5.32 Å². The number of hydrogen-bond donors (Lipinski definition) is 1. The van der Waals surface area contributed by atoms with Gasteiger partial charge in [-0.3, -0.25) is 9.59 Å². The zero-order valence-electron chi connectivity index (χ0n) is 14.9. The number of amides is 2. The van der Waals surface area contributed by atoms with Crippen LogP contribution in [0.4, 0.5) is 0 Å². The molecule has 2 amide bonds. The Morgan fingerprint density at radius 2 is 1.92 bits per heavy atom. The summed E-state index contributed by atoms with van der Waals surface area (Å²) in [5.41, 5.74) is 0.633. The number of nitrogens with zero attached hydrogens (tertiary/aromatic N) is 1. The van der Waals surface area contributed by atoms with Crippen LogP contribution in [0.5, 0.6) is 5.75 Å². The molecular weight excluding hydrogens is 320 g/mol. The molecule has 2 heterocycles. The molecule has 0 radical (unpaired) electrons. The van der Waals surface area contributed by atoms with E-state index in [9.17, 15) is 9.59 Å². The number of nitrogens with one attached hydrogen (secondary N) is 1. The van der Waals surface area contributed by atoms with Crippen molar-refractivity contribution in [2.45, 2.75) is 32.7 Å². The molecule has 1 aromatic heterocycles. The van der Waals surface area contributed by atoms with Crippen LogP contribution < -0.4 is 10.1 Å². The molecule has 1 aromatic carbocycles. The molecule has 1 aliphatic heterocycles. The van der Waals surface area contributed by atoms with E-state index in [-0.39, 0.29) is 29.5 Å². The number of benzene rings is 1. The number of ether oxygens (including phenoxy) is 1. The third-order valence-corrected chi connectivity index (χ3v) is 4.53. The Kier molecular flexibility index (Phi) is 4.97. The highest BCUT2D eigenvalue weighted by Crippen LogP contribution is 2.34. The fourth-order valence-corrected chi connectivity index (χ4v) is 3.26. The SMILES string of the molecule is COc1c(C(=O)N2CCC(C(=O)NC(C)C)CC2)oc2ccccc12. The molecule has 0 aliphatic carbocycles. The molecule has 1 N–H and O–H groups in total. The average molecular weight is 344 g/mol. The van der Waals surface area contributed by atoms with Crippen LogP contribution in [-0.2, 0) is 4.79 Å². The topological polar surface area (TPSA) is 71.8 Å². The van der Waals surface area contributed by atoms with Gasteiger partial charge in [0.1, 0.15) is 5.58 Å². The predicted octanol–water partition coefficient (Wildman–Crippen LogP) is 2.82. The van der Waals surface area contributed by atoms with Gasteiger partial charge in [-0.15, -0.1) is 0 Å². The van der Waals surface area contributed by atoms with Crippen molar-refractivity contribution in [2.24, 2.45) is 5.92 Å². The van der Waals surface area contributed by atoms with Crippen molar-refractivity contribution in [3.63, 3.8) is 0 Å². The van der Waals surface area contributed by atoms with E-state index in [0.717, 1.165) is 5.39 Å². The van der Waals surface area contributed by atoms with Gasteiger partial charge >= 0.3 is 0 Å². The lowest BCUT2D eigenvalue weighted by atomic mass is 9.95. The van der Waals surface area contributed by atoms with Crippen molar-refractivity contribution in [3.8, 4) is 5.75 Å². The third-order valence-electron chi connectivity index (χ3n) is 4.53. The van der Waals surface area contributed by atoms with Crippen molar-refractivity contribution >= 4 is 22.8 Å². The van der Waals surface area contributed by atoms with Gasteiger partial charge in [0.05, 0.1) is 12.5 Å². The lowest BCUT2D eigenvalue weighted by Gasteiger charge is -2.31. The minimum atomic E-state index is -0.184. The standard InChI is InChI=1S/C19H24N2O4/c1-12(2)20-18(22)13-8-10-21(11-9-13)19(23)17-16(24-3)14-6-4-5-7-15(14)25-17/h4-7,12-13H,8-11H2,1-3H3,(H,20,22). The molecule has 0 saturated carbocycles. The van der Waals surface area contributed by atoms with E-state index in [1.165, 1.54) is 7.11 Å². The van der Waals surface area contributed by atoms with Gasteiger partial charge in [-0.25, -0.2) is 0 Å². The molecule has 1 fully saturated rings. The highest BCUT2D eigenvalue weighted by molar-refractivity contribution is 6.01. The summed E-state index contributed by atoms with van der Waals surface area (Å²) in [4.78, 5) is 26.7. The lowest BCUT2D eigenvalue weighted by Crippen LogP contribution is -2.44. The molecule has 25 heavy (non-hydrogen) atoms. The van der Waals surface area contributed by atoms with Crippen molar-refractivity contribution < 1.29 is 18.7 Å². The molecule has 134 valence electrons. The van der Waals surface area contributed by atoms with Crippen molar-refractivity contribution in [1.29, 1.82) is 0 Å². The first kappa shape index (κ1) is 17.3. The molecule has 1 saturated heterocycles. The fraction of sp³-hybridized carbons (Fsp3) is 0.474. The number of para-hydroxylation sites is 1. The summed E-state index contributed by atoms with van der Waals surface area (Å²) in [6.45, 7) is 4.97. The van der Waals surface area contributed by atoms with E-state index in [1.807, 2.05) is 38.1 Å². The second-order valence-electron chi connectivity index (χ2n) is 6.69. The molecule has 2 aromatic rings. The van der Waals surface area contributed by atoms with Crippen LogP contribution in [0.25, 0.3) is 11.0 Å². The minimum absolute atomic E-state index is 0.0379. The number of piperidine rings is 1. The van der Waals surface area contributed by atoms with Gasteiger partial charge in [0.25, 0.3) is 5.91 Å². The van der Waals surface area contributed by atoms with Gasteiger partial charge in [0, 0.05) is 25.0 Å². The van der Waals surface area contributed by atoms with Crippen LogP contribution in [0.15, 0.2) is 28.7 Å². The molecule has 6 nitrogen and oxygen atoms in total. The molecule has 0 atom stereocenters. The lowest BCUT2D eigenvalue weighted by molar-refractivity contribution is -0.126. The Hall–Kier alpha value is -2.50. The quantitative estimate of drug-likeness (QED) is 0.926. The molecule has 6 heteroatoms. The van der Waals surface area contributed by atoms with Crippen molar-refractivity contribution in [2.75, 3.05) is 20.2 Å². The smallest absolute Gasteiger partial charge is 0.293 e. The van der Waals surface area contributed by atoms with Gasteiger partial charge in [0.15, 0.2) is 5.75 Å². The Balaban J connectivity index is 1.72. The number of carbonyl (C=O) groups is 2. The van der Waals surface area contributed by atoms with E-state index in [4.69, 9.17) is 9.15 Å². The summed E-state index contributed by atoms with van der Waals surface area (Å²) >= 11 is 0. The maximum Gasteiger partial charge on any atom is 0.293 e. The Bertz CT molecular complexity index is 773. The minimum Gasteiger partial charge on any atom is -0.492 e. The number of rotatable bonds is 4. The number of carbonyl (C=O) groups excluding carboxylic acids is 2. The number of furan rings is 1. The second kappa shape index (κ2) is 7.17. The molecule has 3 rings (SSSR count). The maximum atomic E-state index is 12.9. The van der Waals surface area contributed by atoms with Gasteiger partial charge in [-0.05, 0) is 38.8 Å². The van der Waals surface area contributed by atoms with E-state index < -0.39 is 0 Å². The first-order chi connectivity index (χ1) is 12.0. The summed E-state index contributed by atoms with van der Waals surface area (Å²) < 4.78 is 11.1. The van der Waals surface area contributed by atoms with Crippen LogP contribution >= 0.6 is 0 Å². The molecule has 0 spiro atoms. The third kappa shape index (κ3) is 3.48. The highest BCUT2D eigenvalue weighted by Gasteiger charge is 2.31. The summed E-state index contributed by atoms with van der Waals surface area (Å²) in [7, 11) is 1.54. The van der Waals surface area contributed by atoms with Crippen LogP contribution in [0.2, 0.25) is 0 Å². The van der Waals surface area contributed by atoms with Crippen LogP contribution in [-0.4, -0.2) is 43.0 Å². The maximum absolute atomic E-state index is 12.9. The first-order valence-corrected chi connectivity index (χ1v) is 8.66. The van der Waals surface area contributed by atoms with Gasteiger partial charge in [-0.1, -0.05) is 12.1 Å². The fourth-order valence-electron chi connectivity index (χ4n) is 3.26. The monoisotopic (exact) mass is 344 g/mol. The molecule has 1 aliphatic rings. The summed E-state index contributed by atoms with van der Waals surface area (Å²) in [5.74, 6) is 0.553. The van der Waals surface area contributed by atoms with Gasteiger partial charge < -0.3 is 19.4 Å². The Morgan fingerprint density at radius 3 is 2.56 bits per heavy atom. The summed E-state index contributed by atoms with van der Waals surface area (Å²) in [6, 6.07) is 7.56. The largest absolute Gasteiger partial charge is 0.492 e. The van der Waals surface area contributed by atoms with Crippen LogP contribution in [0.3, 0.4) is 0 Å². The normalized spacial score (nSPS) is 15.6.